The molecule has 9 nitrogen and oxygen atoms in total. The summed E-state index contributed by atoms with van der Waals surface area (Å²) in [6.45, 7) is 15.1. The van der Waals surface area contributed by atoms with E-state index in [4.69, 9.17) is 4.74 Å². The Morgan fingerprint density at radius 2 is 1.61 bits per heavy atom. The molecule has 0 radical (unpaired) electrons. The Balaban J connectivity index is 1.75. The maximum absolute atomic E-state index is 14.3. The second-order valence-electron chi connectivity index (χ2n) is 15.3. The molecule has 4 N–H and O–H groups in total. The van der Waals surface area contributed by atoms with Gasteiger partial charge >= 0.3 is 5.97 Å². The minimum absolute atomic E-state index is 0.0189. The van der Waals surface area contributed by atoms with Gasteiger partial charge in [0.15, 0.2) is 11.6 Å². The molecule has 0 heterocycles. The molecule has 0 aliphatic heterocycles. The first-order chi connectivity index (χ1) is 18.5. The van der Waals surface area contributed by atoms with E-state index in [0.29, 0.717) is 5.57 Å². The third-order valence-electron chi connectivity index (χ3n) is 11.9. The summed E-state index contributed by atoms with van der Waals surface area (Å²) in [6.07, 6.45) is -1.63. The predicted octanol–water partition coefficient (Wildman–Crippen LogP) is 2.69. The van der Waals surface area contributed by atoms with Crippen LogP contribution in [0.2, 0.25) is 0 Å². The van der Waals surface area contributed by atoms with Crippen LogP contribution in [0.1, 0.15) is 94.4 Å². The van der Waals surface area contributed by atoms with Crippen molar-refractivity contribution in [2.45, 2.75) is 124 Å². The number of carbonyl (C=O) groups excluding carboxylic acids is 4. The summed E-state index contributed by atoms with van der Waals surface area (Å²) in [5, 5.41) is 45.8. The third-order valence-corrected chi connectivity index (χ3v) is 11.9. The average Bonchev–Trinajstić information content (AvgIpc) is 3.01. The van der Waals surface area contributed by atoms with Crippen LogP contribution in [-0.4, -0.2) is 73.3 Å². The molecule has 0 amide bonds. The van der Waals surface area contributed by atoms with Gasteiger partial charge in [0.05, 0.1) is 12.2 Å². The van der Waals surface area contributed by atoms with Gasteiger partial charge in [0.25, 0.3) is 0 Å². The fourth-order valence-electron chi connectivity index (χ4n) is 9.72. The zero-order chi connectivity index (χ0) is 31.3. The molecule has 230 valence electrons. The van der Waals surface area contributed by atoms with Gasteiger partial charge in [0.2, 0.25) is 0 Å². The van der Waals surface area contributed by atoms with Gasteiger partial charge in [-0.15, -0.1) is 0 Å². The minimum atomic E-state index is -2.00. The number of fused-ring (bicyclic) bond motifs is 5. The first-order valence-corrected chi connectivity index (χ1v) is 14.8. The van der Waals surface area contributed by atoms with Gasteiger partial charge in [-0.2, -0.15) is 0 Å². The SMILES string of the molecule is CC(=O)OC(C)(C)CCC(=O)[C@](C)(O)[C@H]1[C@H](O)C[C@@]2(C)[C@@H]3[C@@H](O)C=C4[C@@H](CC(=O)[C@H](O)C4(C)C)[C@]3(C)C(=O)C[C@]12C. The van der Waals surface area contributed by atoms with E-state index in [-0.39, 0.29) is 43.7 Å². The quantitative estimate of drug-likeness (QED) is 0.275. The molecular weight excluding hydrogens is 528 g/mol. The number of ether oxygens (including phenoxy) is 1. The van der Waals surface area contributed by atoms with Gasteiger partial charge in [0.1, 0.15) is 23.1 Å². The average molecular weight is 577 g/mol. The van der Waals surface area contributed by atoms with Gasteiger partial charge < -0.3 is 25.2 Å². The standard InChI is InChI=1S/C32H48O9/c1-16(33)41-27(2,3)11-10-22(37)32(9,40)25-21(36)14-29(6)24-19(34)12-17-18(13-20(35)26(39)28(17,4)5)31(24,8)23(38)15-30(25,29)7/h12,18-19,21,24-26,34,36,39-40H,10-11,13-15H2,1-9H3/t18-,19+,21-,24+,25+,26+,29+,30-,31-,32+/m1/s1. The third kappa shape index (κ3) is 4.40. The van der Waals surface area contributed by atoms with Crippen molar-refractivity contribution in [3.8, 4) is 0 Å². The van der Waals surface area contributed by atoms with Crippen LogP contribution >= 0.6 is 0 Å². The Hall–Kier alpha value is -1.94. The fraction of sp³-hybridized carbons (Fsp3) is 0.812. The van der Waals surface area contributed by atoms with Crippen molar-refractivity contribution in [3.63, 3.8) is 0 Å². The van der Waals surface area contributed by atoms with E-state index >= 15 is 0 Å². The topological polar surface area (TPSA) is 158 Å². The van der Waals surface area contributed by atoms with Crippen molar-refractivity contribution in [1.82, 2.24) is 0 Å². The van der Waals surface area contributed by atoms with Gasteiger partial charge in [-0.1, -0.05) is 46.3 Å². The monoisotopic (exact) mass is 576 g/mol. The maximum Gasteiger partial charge on any atom is 0.303 e. The molecule has 0 saturated heterocycles. The maximum atomic E-state index is 14.3. The molecule has 41 heavy (non-hydrogen) atoms. The molecule has 3 saturated carbocycles. The Bertz CT molecular complexity index is 1200. The molecule has 0 aromatic heterocycles. The summed E-state index contributed by atoms with van der Waals surface area (Å²) < 4.78 is 5.30. The van der Waals surface area contributed by atoms with E-state index in [0.717, 1.165) is 0 Å². The molecule has 4 aliphatic carbocycles. The van der Waals surface area contributed by atoms with Gasteiger partial charge in [-0.25, -0.2) is 0 Å². The second-order valence-corrected chi connectivity index (χ2v) is 15.3. The van der Waals surface area contributed by atoms with Crippen molar-refractivity contribution in [2.75, 3.05) is 0 Å². The van der Waals surface area contributed by atoms with Crippen molar-refractivity contribution in [1.29, 1.82) is 0 Å². The number of hydrogen-bond donors (Lipinski definition) is 4. The molecule has 4 aliphatic rings. The summed E-state index contributed by atoms with van der Waals surface area (Å²) >= 11 is 0. The lowest BCUT2D eigenvalue weighted by Gasteiger charge is -2.65. The molecule has 9 heteroatoms. The highest BCUT2D eigenvalue weighted by atomic mass is 16.6. The van der Waals surface area contributed by atoms with Crippen LogP contribution in [0.3, 0.4) is 0 Å². The summed E-state index contributed by atoms with van der Waals surface area (Å²) in [6, 6.07) is 0. The fourth-order valence-corrected chi connectivity index (χ4v) is 9.72. The van der Waals surface area contributed by atoms with Gasteiger partial charge in [-0.3, -0.25) is 19.2 Å². The Kier molecular flexibility index (Phi) is 7.43. The first-order valence-electron chi connectivity index (χ1n) is 14.8. The van der Waals surface area contributed by atoms with Crippen LogP contribution in [0.15, 0.2) is 11.6 Å². The molecule has 0 aromatic rings. The molecule has 10 atom stereocenters. The number of rotatable bonds is 6. The summed E-state index contributed by atoms with van der Waals surface area (Å²) in [5.74, 6) is -3.73. The first kappa shape index (κ1) is 32.0. The largest absolute Gasteiger partial charge is 0.460 e. The van der Waals surface area contributed by atoms with Crippen LogP contribution in [-0.2, 0) is 23.9 Å². The highest BCUT2D eigenvalue weighted by molar-refractivity contribution is 5.93. The number of hydrogen-bond acceptors (Lipinski definition) is 9. The molecular formula is C32H48O9. The van der Waals surface area contributed by atoms with Gasteiger partial charge in [-0.05, 0) is 44.4 Å². The lowest BCUT2D eigenvalue weighted by Crippen LogP contribution is -2.68. The molecule has 3 fully saturated rings. The number of ketones is 3. The number of carbonyl (C=O) groups is 4. The van der Waals surface area contributed by atoms with E-state index in [1.807, 2.05) is 13.8 Å². The molecule has 0 aromatic carbocycles. The van der Waals surface area contributed by atoms with Crippen molar-refractivity contribution < 1.29 is 44.3 Å². The lowest BCUT2D eigenvalue weighted by atomic mass is 9.38. The van der Waals surface area contributed by atoms with Crippen LogP contribution in [0.4, 0.5) is 0 Å². The van der Waals surface area contributed by atoms with Gasteiger partial charge in [0, 0.05) is 54.8 Å². The van der Waals surface area contributed by atoms with Crippen LogP contribution in [0, 0.1) is 39.4 Å². The molecule has 4 rings (SSSR count). The van der Waals surface area contributed by atoms with E-state index in [1.165, 1.54) is 13.8 Å². The Morgan fingerprint density at radius 3 is 2.17 bits per heavy atom. The Labute approximate surface area is 242 Å². The van der Waals surface area contributed by atoms with Crippen LogP contribution < -0.4 is 0 Å². The number of esters is 1. The summed E-state index contributed by atoms with van der Waals surface area (Å²) in [4.78, 5) is 52.3. The van der Waals surface area contributed by atoms with Crippen molar-refractivity contribution in [3.05, 3.63) is 11.6 Å². The number of Topliss-reactive ketones (excluding diaryl/α,β-unsaturated/α-hetero) is 3. The zero-order valence-electron chi connectivity index (χ0n) is 25.9. The highest BCUT2D eigenvalue weighted by Crippen LogP contribution is 2.74. The number of aliphatic hydroxyl groups is 4. The Morgan fingerprint density at radius 1 is 1.02 bits per heavy atom. The second kappa shape index (κ2) is 9.53. The molecule has 0 bridgehead atoms. The van der Waals surface area contributed by atoms with E-state index in [9.17, 15) is 39.6 Å². The molecule has 0 unspecified atom stereocenters. The number of aliphatic hydroxyl groups excluding tert-OH is 3. The minimum Gasteiger partial charge on any atom is -0.460 e. The van der Waals surface area contributed by atoms with E-state index in [2.05, 4.69) is 0 Å². The summed E-state index contributed by atoms with van der Waals surface area (Å²) in [5.41, 5.74) is -6.27. The summed E-state index contributed by atoms with van der Waals surface area (Å²) in [7, 11) is 0. The normalized spacial score (nSPS) is 43.3. The molecule has 0 spiro atoms. The lowest BCUT2D eigenvalue weighted by molar-refractivity contribution is -0.196. The van der Waals surface area contributed by atoms with Crippen molar-refractivity contribution >= 4 is 23.3 Å². The van der Waals surface area contributed by atoms with E-state index < -0.39 is 80.7 Å². The smallest absolute Gasteiger partial charge is 0.303 e. The van der Waals surface area contributed by atoms with Crippen molar-refractivity contribution in [2.24, 2.45) is 39.4 Å². The zero-order valence-corrected chi connectivity index (χ0v) is 25.9. The van der Waals surface area contributed by atoms with Crippen LogP contribution in [0.5, 0.6) is 0 Å². The highest BCUT2D eigenvalue weighted by Gasteiger charge is 2.76. The van der Waals surface area contributed by atoms with Crippen LogP contribution in [0.25, 0.3) is 0 Å². The van der Waals surface area contributed by atoms with E-state index in [1.54, 1.807) is 40.7 Å². The predicted molar refractivity (Wildman–Crippen MR) is 149 cm³/mol.